The predicted octanol–water partition coefficient (Wildman–Crippen LogP) is 2.41. The van der Waals surface area contributed by atoms with E-state index in [1.807, 2.05) is 12.1 Å². The summed E-state index contributed by atoms with van der Waals surface area (Å²) in [6.45, 7) is 6.09. The Kier molecular flexibility index (Phi) is 7.33. The number of piperidine rings is 1. The van der Waals surface area contributed by atoms with Gasteiger partial charge in [-0.1, -0.05) is 24.6 Å². The third-order valence-electron chi connectivity index (χ3n) is 4.50. The maximum atomic E-state index is 13.6. The van der Waals surface area contributed by atoms with Crippen molar-refractivity contribution in [3.63, 3.8) is 0 Å². The van der Waals surface area contributed by atoms with E-state index in [-0.39, 0.29) is 5.82 Å². The molecule has 0 aromatic heterocycles. The molecule has 1 aromatic rings. The first-order valence-corrected chi connectivity index (χ1v) is 8.62. The summed E-state index contributed by atoms with van der Waals surface area (Å²) in [6, 6.07) is 7.59. The number of nitrogens with one attached hydrogen (secondary N) is 2. The van der Waals surface area contributed by atoms with Gasteiger partial charge in [-0.25, -0.2) is 4.39 Å². The number of likely N-dealkylation sites (tertiary alicyclic amines) is 1. The molecule has 5 heteroatoms. The van der Waals surface area contributed by atoms with Crippen molar-refractivity contribution in [2.75, 3.05) is 33.2 Å². The Hall–Kier alpha value is -1.62. The highest BCUT2D eigenvalue weighted by Gasteiger charge is 2.17. The number of hydrogen-bond donors (Lipinski definition) is 2. The summed E-state index contributed by atoms with van der Waals surface area (Å²) >= 11 is 0. The number of guanidine groups is 1. The molecule has 1 aromatic carbocycles. The van der Waals surface area contributed by atoms with Crippen molar-refractivity contribution in [3.8, 4) is 0 Å². The molecule has 128 valence electrons. The zero-order chi connectivity index (χ0) is 16.5. The molecule has 0 amide bonds. The lowest BCUT2D eigenvalue weighted by molar-refractivity contribution is 0.163. The fourth-order valence-electron chi connectivity index (χ4n) is 3.05. The van der Waals surface area contributed by atoms with Gasteiger partial charge in [-0.3, -0.25) is 9.89 Å². The molecule has 0 radical (unpaired) electrons. The van der Waals surface area contributed by atoms with Crippen LogP contribution in [0.25, 0.3) is 0 Å². The van der Waals surface area contributed by atoms with Crippen LogP contribution < -0.4 is 10.6 Å². The highest BCUT2D eigenvalue weighted by molar-refractivity contribution is 5.79. The predicted molar refractivity (Wildman–Crippen MR) is 94.4 cm³/mol. The smallest absolute Gasteiger partial charge is 0.191 e. The molecule has 1 fully saturated rings. The van der Waals surface area contributed by atoms with E-state index in [4.69, 9.17) is 0 Å². The van der Waals surface area contributed by atoms with Gasteiger partial charge < -0.3 is 10.6 Å². The molecule has 4 nitrogen and oxygen atoms in total. The molecule has 2 rings (SSSR count). The summed E-state index contributed by atoms with van der Waals surface area (Å²) < 4.78 is 13.6. The second kappa shape index (κ2) is 9.50. The van der Waals surface area contributed by atoms with Crippen LogP contribution in [0, 0.1) is 5.82 Å². The Labute approximate surface area is 139 Å². The lowest BCUT2D eigenvalue weighted by Crippen LogP contribution is -2.45. The van der Waals surface area contributed by atoms with Crippen LogP contribution in [0.15, 0.2) is 29.3 Å². The first kappa shape index (κ1) is 17.7. The minimum Gasteiger partial charge on any atom is -0.356 e. The van der Waals surface area contributed by atoms with E-state index in [1.165, 1.54) is 31.9 Å². The van der Waals surface area contributed by atoms with E-state index in [1.54, 1.807) is 13.1 Å². The van der Waals surface area contributed by atoms with E-state index in [9.17, 15) is 4.39 Å². The molecule has 1 atom stereocenters. The number of rotatable bonds is 6. The van der Waals surface area contributed by atoms with Gasteiger partial charge in [-0.2, -0.15) is 0 Å². The van der Waals surface area contributed by atoms with E-state index >= 15 is 0 Å². The highest BCUT2D eigenvalue weighted by atomic mass is 19.1. The van der Waals surface area contributed by atoms with Crippen LogP contribution in [0.4, 0.5) is 4.39 Å². The third kappa shape index (κ3) is 5.82. The maximum Gasteiger partial charge on any atom is 0.191 e. The van der Waals surface area contributed by atoms with E-state index in [2.05, 4.69) is 27.4 Å². The summed E-state index contributed by atoms with van der Waals surface area (Å²) in [7, 11) is 1.77. The molecule has 2 N–H and O–H groups in total. The van der Waals surface area contributed by atoms with Crippen LogP contribution in [-0.2, 0) is 6.42 Å². The Morgan fingerprint density at radius 1 is 1.26 bits per heavy atom. The molecule has 0 bridgehead atoms. The number of aliphatic imine (C=N–C) groups is 1. The second-order valence-electron chi connectivity index (χ2n) is 6.15. The molecule has 1 heterocycles. The van der Waals surface area contributed by atoms with Gasteiger partial charge >= 0.3 is 0 Å². The van der Waals surface area contributed by atoms with Crippen molar-refractivity contribution < 1.29 is 4.39 Å². The van der Waals surface area contributed by atoms with Crippen molar-refractivity contribution in [1.29, 1.82) is 0 Å². The van der Waals surface area contributed by atoms with Crippen LogP contribution in [0.3, 0.4) is 0 Å². The second-order valence-corrected chi connectivity index (χ2v) is 6.15. The Morgan fingerprint density at radius 3 is 2.78 bits per heavy atom. The van der Waals surface area contributed by atoms with Gasteiger partial charge in [0.25, 0.3) is 0 Å². The minimum absolute atomic E-state index is 0.142. The monoisotopic (exact) mass is 320 g/mol. The van der Waals surface area contributed by atoms with E-state index < -0.39 is 0 Å². The quantitative estimate of drug-likeness (QED) is 0.624. The topological polar surface area (TPSA) is 39.7 Å². The molecule has 0 spiro atoms. The van der Waals surface area contributed by atoms with Crippen LogP contribution in [-0.4, -0.2) is 50.1 Å². The minimum atomic E-state index is -0.142. The van der Waals surface area contributed by atoms with E-state index in [0.717, 1.165) is 24.6 Å². The van der Waals surface area contributed by atoms with Crippen molar-refractivity contribution >= 4 is 5.96 Å². The van der Waals surface area contributed by atoms with Gasteiger partial charge in [0.1, 0.15) is 5.82 Å². The molecule has 23 heavy (non-hydrogen) atoms. The molecule has 0 saturated carbocycles. The van der Waals surface area contributed by atoms with Crippen LogP contribution in [0.2, 0.25) is 0 Å². The first-order chi connectivity index (χ1) is 11.2. The molecule has 1 aliphatic heterocycles. The van der Waals surface area contributed by atoms with Crippen LogP contribution >= 0.6 is 0 Å². The molecule has 1 unspecified atom stereocenters. The summed E-state index contributed by atoms with van der Waals surface area (Å²) in [6.07, 6.45) is 4.61. The summed E-state index contributed by atoms with van der Waals surface area (Å²) in [5.41, 5.74) is 0.734. The van der Waals surface area contributed by atoms with Crippen LogP contribution in [0.1, 0.15) is 31.7 Å². The normalized spacial score (nSPS) is 19.6. The van der Waals surface area contributed by atoms with Crippen molar-refractivity contribution in [3.05, 3.63) is 35.6 Å². The van der Waals surface area contributed by atoms with E-state index in [0.29, 0.717) is 19.0 Å². The maximum absolute atomic E-state index is 13.6. The number of benzene rings is 1. The first-order valence-electron chi connectivity index (χ1n) is 8.62. The number of nitrogens with zero attached hydrogens (tertiary/aromatic N) is 2. The molecular weight excluding hydrogens is 291 g/mol. The van der Waals surface area contributed by atoms with Gasteiger partial charge in [0, 0.05) is 32.7 Å². The SMILES string of the molecule is CN=C(NCCc1ccccc1F)NCCN1CCCCC1C. The largest absolute Gasteiger partial charge is 0.356 e. The van der Waals surface area contributed by atoms with Gasteiger partial charge in [-0.05, 0) is 44.4 Å². The van der Waals surface area contributed by atoms with Crippen molar-refractivity contribution in [2.45, 2.75) is 38.6 Å². The Balaban J connectivity index is 1.66. The lowest BCUT2D eigenvalue weighted by atomic mass is 10.0. The average Bonchev–Trinajstić information content (AvgIpc) is 2.56. The fourth-order valence-corrected chi connectivity index (χ4v) is 3.05. The van der Waals surface area contributed by atoms with Gasteiger partial charge in [0.2, 0.25) is 0 Å². The number of halogens is 1. The van der Waals surface area contributed by atoms with Gasteiger partial charge in [0.15, 0.2) is 5.96 Å². The molecule has 0 aliphatic carbocycles. The highest BCUT2D eigenvalue weighted by Crippen LogP contribution is 2.15. The van der Waals surface area contributed by atoms with Gasteiger partial charge in [0.05, 0.1) is 0 Å². The third-order valence-corrected chi connectivity index (χ3v) is 4.50. The van der Waals surface area contributed by atoms with Crippen molar-refractivity contribution in [1.82, 2.24) is 15.5 Å². The standard InChI is InChI=1S/C18H29FN4/c1-15-7-5-6-13-23(15)14-12-22-18(20-2)21-11-10-16-8-3-4-9-17(16)19/h3-4,8-9,15H,5-7,10-14H2,1-2H3,(H2,20,21,22). The molecule has 1 aliphatic rings. The summed E-state index contributed by atoms with van der Waals surface area (Å²) in [5.74, 6) is 0.641. The van der Waals surface area contributed by atoms with Crippen LogP contribution in [0.5, 0.6) is 0 Å². The zero-order valence-electron chi connectivity index (χ0n) is 14.3. The zero-order valence-corrected chi connectivity index (χ0v) is 14.3. The summed E-state index contributed by atoms with van der Waals surface area (Å²) in [4.78, 5) is 6.76. The Bertz CT molecular complexity index is 504. The lowest BCUT2D eigenvalue weighted by Gasteiger charge is -2.33. The molecular formula is C18H29FN4. The average molecular weight is 320 g/mol. The summed E-state index contributed by atoms with van der Waals surface area (Å²) in [5, 5.41) is 6.59. The fraction of sp³-hybridized carbons (Fsp3) is 0.611. The number of hydrogen-bond acceptors (Lipinski definition) is 2. The Morgan fingerprint density at radius 2 is 2.04 bits per heavy atom. The van der Waals surface area contributed by atoms with Gasteiger partial charge in [-0.15, -0.1) is 0 Å². The van der Waals surface area contributed by atoms with Crippen molar-refractivity contribution in [2.24, 2.45) is 4.99 Å². The molecule has 1 saturated heterocycles.